The van der Waals surface area contributed by atoms with Gasteiger partial charge in [0, 0.05) is 12.0 Å². The third-order valence-electron chi connectivity index (χ3n) is 5.36. The van der Waals surface area contributed by atoms with Gasteiger partial charge >= 0.3 is 0 Å². The standard InChI is InChI=1S/C14H24N2O/c15-8-11-2-1-3-12(11)14(17)16-13-7-9-4-5-10(13)6-9/h9-13H,1-8,15H2,(H,16,17)/t9?,10?,11-,12-,13?/m1/s1. The molecule has 3 fully saturated rings. The van der Waals surface area contributed by atoms with Crippen LogP contribution in [-0.4, -0.2) is 18.5 Å². The number of amides is 1. The predicted molar refractivity (Wildman–Crippen MR) is 67.3 cm³/mol. The van der Waals surface area contributed by atoms with Crippen LogP contribution in [0.3, 0.4) is 0 Å². The SMILES string of the molecule is NC[C@H]1CCC[C@H]1C(=O)NC1CC2CCC1C2. The minimum atomic E-state index is 0.208. The van der Waals surface area contributed by atoms with Crippen molar-refractivity contribution < 1.29 is 4.79 Å². The minimum Gasteiger partial charge on any atom is -0.353 e. The molecule has 3 N–H and O–H groups in total. The zero-order chi connectivity index (χ0) is 11.8. The Morgan fingerprint density at radius 3 is 2.71 bits per heavy atom. The van der Waals surface area contributed by atoms with Gasteiger partial charge in [-0.25, -0.2) is 0 Å². The molecule has 0 radical (unpaired) electrons. The van der Waals surface area contributed by atoms with E-state index in [1.807, 2.05) is 0 Å². The lowest BCUT2D eigenvalue weighted by Gasteiger charge is -2.26. The average Bonchev–Trinajstić information content (AvgIpc) is 3.04. The first-order valence-corrected chi connectivity index (χ1v) is 7.28. The Morgan fingerprint density at radius 1 is 1.18 bits per heavy atom. The van der Waals surface area contributed by atoms with Crippen molar-refractivity contribution in [2.24, 2.45) is 29.4 Å². The second-order valence-corrected chi connectivity index (χ2v) is 6.32. The summed E-state index contributed by atoms with van der Waals surface area (Å²) >= 11 is 0. The third-order valence-corrected chi connectivity index (χ3v) is 5.36. The van der Waals surface area contributed by atoms with Gasteiger partial charge in [-0.15, -0.1) is 0 Å². The number of carbonyl (C=O) groups is 1. The number of rotatable bonds is 3. The summed E-state index contributed by atoms with van der Waals surface area (Å²) in [6.45, 7) is 0.675. The highest BCUT2D eigenvalue weighted by Crippen LogP contribution is 2.44. The maximum Gasteiger partial charge on any atom is 0.223 e. The van der Waals surface area contributed by atoms with Crippen LogP contribution in [0.5, 0.6) is 0 Å². The van der Waals surface area contributed by atoms with E-state index in [2.05, 4.69) is 5.32 Å². The van der Waals surface area contributed by atoms with Crippen molar-refractivity contribution in [1.29, 1.82) is 0 Å². The summed E-state index contributed by atoms with van der Waals surface area (Å²) in [5, 5.41) is 3.32. The highest BCUT2D eigenvalue weighted by Gasteiger charge is 2.41. The van der Waals surface area contributed by atoms with Gasteiger partial charge in [0.25, 0.3) is 0 Å². The average molecular weight is 236 g/mol. The lowest BCUT2D eigenvalue weighted by Crippen LogP contribution is -2.43. The van der Waals surface area contributed by atoms with E-state index in [0.717, 1.165) is 24.7 Å². The van der Waals surface area contributed by atoms with Crippen molar-refractivity contribution in [3.05, 3.63) is 0 Å². The Kier molecular flexibility index (Phi) is 3.12. The van der Waals surface area contributed by atoms with Crippen LogP contribution in [0.4, 0.5) is 0 Å². The second kappa shape index (κ2) is 4.60. The molecule has 3 saturated carbocycles. The largest absolute Gasteiger partial charge is 0.353 e. The fourth-order valence-corrected chi connectivity index (χ4v) is 4.38. The second-order valence-electron chi connectivity index (χ2n) is 6.32. The molecule has 0 aliphatic heterocycles. The predicted octanol–water partition coefficient (Wildman–Crippen LogP) is 1.67. The van der Waals surface area contributed by atoms with Gasteiger partial charge in [0.05, 0.1) is 0 Å². The first-order valence-electron chi connectivity index (χ1n) is 7.28. The van der Waals surface area contributed by atoms with Gasteiger partial charge in [-0.1, -0.05) is 12.8 Å². The highest BCUT2D eigenvalue weighted by atomic mass is 16.2. The molecule has 0 heterocycles. The molecular weight excluding hydrogens is 212 g/mol. The van der Waals surface area contributed by atoms with Gasteiger partial charge in [0.15, 0.2) is 0 Å². The number of fused-ring (bicyclic) bond motifs is 2. The van der Waals surface area contributed by atoms with Crippen LogP contribution in [0.1, 0.15) is 44.9 Å². The fourth-order valence-electron chi connectivity index (χ4n) is 4.38. The maximum atomic E-state index is 12.3. The number of nitrogens with two attached hydrogens (primary N) is 1. The fraction of sp³-hybridized carbons (Fsp3) is 0.929. The maximum absolute atomic E-state index is 12.3. The molecule has 3 aliphatic carbocycles. The Bertz CT molecular complexity index is 305. The molecule has 3 heteroatoms. The van der Waals surface area contributed by atoms with E-state index in [1.54, 1.807) is 0 Å². The number of carbonyl (C=O) groups excluding carboxylic acids is 1. The van der Waals surface area contributed by atoms with Crippen LogP contribution >= 0.6 is 0 Å². The van der Waals surface area contributed by atoms with E-state index in [9.17, 15) is 4.79 Å². The van der Waals surface area contributed by atoms with Crippen LogP contribution in [0.15, 0.2) is 0 Å². The summed E-state index contributed by atoms with van der Waals surface area (Å²) in [6, 6.07) is 0.486. The number of hydrogen-bond donors (Lipinski definition) is 2. The number of hydrogen-bond acceptors (Lipinski definition) is 2. The molecule has 2 bridgehead atoms. The van der Waals surface area contributed by atoms with Crippen molar-refractivity contribution in [2.45, 2.75) is 51.0 Å². The smallest absolute Gasteiger partial charge is 0.223 e. The van der Waals surface area contributed by atoms with Crippen LogP contribution in [0.2, 0.25) is 0 Å². The molecule has 3 rings (SSSR count). The molecule has 17 heavy (non-hydrogen) atoms. The van der Waals surface area contributed by atoms with Crippen molar-refractivity contribution in [3.8, 4) is 0 Å². The summed E-state index contributed by atoms with van der Waals surface area (Å²) in [7, 11) is 0. The topological polar surface area (TPSA) is 55.1 Å². The quantitative estimate of drug-likeness (QED) is 0.783. The van der Waals surface area contributed by atoms with E-state index in [0.29, 0.717) is 24.4 Å². The van der Waals surface area contributed by atoms with E-state index >= 15 is 0 Å². The van der Waals surface area contributed by atoms with Gasteiger partial charge in [-0.05, 0) is 56.4 Å². The van der Waals surface area contributed by atoms with E-state index in [4.69, 9.17) is 5.73 Å². The Balaban J connectivity index is 1.56. The molecule has 0 aromatic rings. The normalized spacial score (nSPS) is 44.2. The van der Waals surface area contributed by atoms with Crippen LogP contribution in [0.25, 0.3) is 0 Å². The van der Waals surface area contributed by atoms with Crippen molar-refractivity contribution in [3.63, 3.8) is 0 Å². The zero-order valence-electron chi connectivity index (χ0n) is 10.5. The summed E-state index contributed by atoms with van der Waals surface area (Å²) < 4.78 is 0. The Morgan fingerprint density at radius 2 is 2.06 bits per heavy atom. The van der Waals surface area contributed by atoms with E-state index < -0.39 is 0 Å². The molecule has 0 saturated heterocycles. The number of nitrogens with one attached hydrogen (secondary N) is 1. The minimum absolute atomic E-state index is 0.208. The van der Waals surface area contributed by atoms with Gasteiger partial charge in [-0.2, -0.15) is 0 Å². The molecule has 1 amide bonds. The summed E-state index contributed by atoms with van der Waals surface area (Å²) in [5.41, 5.74) is 5.75. The lowest BCUT2D eigenvalue weighted by atomic mass is 9.92. The Hall–Kier alpha value is -0.570. The molecule has 5 atom stereocenters. The molecule has 0 spiro atoms. The molecule has 0 aromatic carbocycles. The van der Waals surface area contributed by atoms with E-state index in [-0.39, 0.29) is 5.92 Å². The van der Waals surface area contributed by atoms with Crippen molar-refractivity contribution >= 4 is 5.91 Å². The zero-order valence-corrected chi connectivity index (χ0v) is 10.5. The molecule has 96 valence electrons. The monoisotopic (exact) mass is 236 g/mol. The first kappa shape index (κ1) is 11.5. The molecule has 3 aliphatic rings. The third kappa shape index (κ3) is 2.10. The molecule has 0 aromatic heterocycles. The molecule has 3 nitrogen and oxygen atoms in total. The van der Waals surface area contributed by atoms with Crippen molar-refractivity contribution in [2.75, 3.05) is 6.54 Å². The lowest BCUT2D eigenvalue weighted by molar-refractivity contribution is -0.127. The first-order chi connectivity index (χ1) is 8.28. The molecule has 3 unspecified atom stereocenters. The summed E-state index contributed by atoms with van der Waals surface area (Å²) in [6.07, 6.45) is 8.69. The Labute approximate surface area is 104 Å². The van der Waals surface area contributed by atoms with Crippen LogP contribution in [-0.2, 0) is 4.79 Å². The van der Waals surface area contributed by atoms with Gasteiger partial charge in [0.2, 0.25) is 5.91 Å². The summed E-state index contributed by atoms with van der Waals surface area (Å²) in [4.78, 5) is 12.3. The van der Waals surface area contributed by atoms with Gasteiger partial charge in [-0.3, -0.25) is 4.79 Å². The van der Waals surface area contributed by atoms with Gasteiger partial charge in [0.1, 0.15) is 0 Å². The van der Waals surface area contributed by atoms with Gasteiger partial charge < -0.3 is 11.1 Å². The van der Waals surface area contributed by atoms with Crippen LogP contribution < -0.4 is 11.1 Å². The highest BCUT2D eigenvalue weighted by molar-refractivity contribution is 5.79. The van der Waals surface area contributed by atoms with E-state index in [1.165, 1.54) is 32.1 Å². The van der Waals surface area contributed by atoms with Crippen LogP contribution in [0, 0.1) is 23.7 Å². The van der Waals surface area contributed by atoms with Crippen molar-refractivity contribution in [1.82, 2.24) is 5.32 Å². The molecular formula is C14H24N2O. The summed E-state index contributed by atoms with van der Waals surface area (Å²) in [5.74, 6) is 2.63.